The molecule has 0 aliphatic rings. The number of benzene rings is 1. The van der Waals surface area contributed by atoms with Crippen molar-refractivity contribution in [2.75, 3.05) is 13.2 Å². The largest absolute Gasteiger partial charge is 0.461 e. The Morgan fingerprint density at radius 1 is 1.32 bits per heavy atom. The molecule has 0 unspecified atom stereocenters. The van der Waals surface area contributed by atoms with Gasteiger partial charge in [-0.05, 0) is 19.1 Å². The highest BCUT2D eigenvalue weighted by molar-refractivity contribution is 6.03. The average molecular weight is 301 g/mol. The number of nitrogens with zero attached hydrogens (tertiary/aromatic N) is 1. The Bertz CT molecular complexity index is 906. The van der Waals surface area contributed by atoms with Gasteiger partial charge in [0.05, 0.1) is 24.0 Å². The fourth-order valence-corrected chi connectivity index (χ4v) is 2.49. The summed E-state index contributed by atoms with van der Waals surface area (Å²) in [5.41, 5.74) is 0.538. The molecular weight excluding hydrogens is 286 g/mol. The third-order valence-electron chi connectivity index (χ3n) is 3.43. The van der Waals surface area contributed by atoms with Crippen LogP contribution in [0.1, 0.15) is 17.4 Å². The lowest BCUT2D eigenvalue weighted by Gasteiger charge is -2.06. The molecule has 0 fully saturated rings. The number of aliphatic hydroxyl groups excluding tert-OH is 1. The highest BCUT2D eigenvalue weighted by Gasteiger charge is 2.22. The van der Waals surface area contributed by atoms with Crippen LogP contribution in [0.4, 0.5) is 0 Å². The molecule has 6 nitrogen and oxygen atoms in total. The number of hydrogen-bond acceptors (Lipinski definition) is 5. The lowest BCUT2D eigenvalue weighted by molar-refractivity contribution is 0.0514. The molecule has 0 atom stereocenters. The van der Waals surface area contributed by atoms with Crippen molar-refractivity contribution in [3.8, 4) is 0 Å². The molecular formula is C16H15NO5. The number of carbonyl (C=O) groups excluding carboxylic acids is 1. The minimum absolute atomic E-state index is 0.147. The number of fused-ring (bicyclic) bond motifs is 2. The van der Waals surface area contributed by atoms with E-state index >= 15 is 0 Å². The first-order valence-electron chi connectivity index (χ1n) is 7.00. The van der Waals surface area contributed by atoms with E-state index in [1.807, 2.05) is 0 Å². The van der Waals surface area contributed by atoms with Crippen LogP contribution in [-0.4, -0.2) is 28.9 Å². The van der Waals surface area contributed by atoms with E-state index in [4.69, 9.17) is 14.3 Å². The van der Waals surface area contributed by atoms with Crippen LogP contribution in [0.5, 0.6) is 0 Å². The Morgan fingerprint density at radius 3 is 2.82 bits per heavy atom. The molecule has 0 aliphatic heterocycles. The second-order valence-electron chi connectivity index (χ2n) is 4.79. The molecule has 0 radical (unpaired) electrons. The summed E-state index contributed by atoms with van der Waals surface area (Å²) in [6.45, 7) is 1.92. The zero-order valence-corrected chi connectivity index (χ0v) is 12.0. The van der Waals surface area contributed by atoms with E-state index in [0.717, 1.165) is 0 Å². The van der Waals surface area contributed by atoms with E-state index in [9.17, 15) is 9.59 Å². The highest BCUT2D eigenvalue weighted by Crippen LogP contribution is 2.24. The fourth-order valence-electron chi connectivity index (χ4n) is 2.49. The summed E-state index contributed by atoms with van der Waals surface area (Å²) >= 11 is 0. The lowest BCUT2D eigenvalue weighted by atomic mass is 10.2. The monoisotopic (exact) mass is 301 g/mol. The molecule has 0 aliphatic carbocycles. The maximum atomic E-state index is 12.6. The molecule has 2 heterocycles. The summed E-state index contributed by atoms with van der Waals surface area (Å²) in [7, 11) is 0. The third kappa shape index (κ3) is 2.17. The molecule has 0 spiro atoms. The first kappa shape index (κ1) is 14.3. The topological polar surface area (TPSA) is 81.7 Å². The van der Waals surface area contributed by atoms with Crippen molar-refractivity contribution >= 4 is 27.9 Å². The van der Waals surface area contributed by atoms with Gasteiger partial charge in [0.1, 0.15) is 5.58 Å². The quantitative estimate of drug-likeness (QED) is 0.744. The zero-order chi connectivity index (χ0) is 15.7. The van der Waals surface area contributed by atoms with Crippen molar-refractivity contribution < 1.29 is 19.1 Å². The van der Waals surface area contributed by atoms with Crippen LogP contribution < -0.4 is 5.43 Å². The summed E-state index contributed by atoms with van der Waals surface area (Å²) in [6.07, 6.45) is 1.52. The van der Waals surface area contributed by atoms with Crippen LogP contribution in [-0.2, 0) is 11.3 Å². The van der Waals surface area contributed by atoms with E-state index in [0.29, 0.717) is 16.4 Å². The van der Waals surface area contributed by atoms with Crippen LogP contribution in [0.2, 0.25) is 0 Å². The van der Waals surface area contributed by atoms with Crippen molar-refractivity contribution in [1.82, 2.24) is 4.57 Å². The first-order chi connectivity index (χ1) is 10.7. The minimum atomic E-state index is -0.579. The summed E-state index contributed by atoms with van der Waals surface area (Å²) in [4.78, 5) is 24.7. The molecule has 3 aromatic rings. The van der Waals surface area contributed by atoms with Crippen molar-refractivity contribution in [2.24, 2.45) is 0 Å². The van der Waals surface area contributed by atoms with E-state index in [2.05, 4.69) is 0 Å². The summed E-state index contributed by atoms with van der Waals surface area (Å²) in [6, 6.07) is 6.86. The number of hydrogen-bond donors (Lipinski definition) is 1. The van der Waals surface area contributed by atoms with Crippen molar-refractivity contribution in [1.29, 1.82) is 0 Å². The van der Waals surface area contributed by atoms with Gasteiger partial charge >= 0.3 is 5.97 Å². The van der Waals surface area contributed by atoms with Gasteiger partial charge in [-0.3, -0.25) is 4.79 Å². The molecule has 22 heavy (non-hydrogen) atoms. The number of para-hydroxylation sites is 1. The molecule has 0 amide bonds. The molecule has 114 valence electrons. The standard InChI is InChI=1S/C16H15NO5/c1-2-21-16(20)13-15-11(9-17(13)7-8-18)14(19)10-5-3-4-6-12(10)22-15/h3-6,9,18H,2,7-8H2,1H3. The molecule has 3 rings (SSSR count). The number of carbonyl (C=O) groups is 1. The van der Waals surface area contributed by atoms with Gasteiger partial charge in [-0.25, -0.2) is 4.79 Å². The zero-order valence-electron chi connectivity index (χ0n) is 12.0. The van der Waals surface area contributed by atoms with Gasteiger partial charge in [-0.15, -0.1) is 0 Å². The fraction of sp³-hybridized carbons (Fsp3) is 0.250. The van der Waals surface area contributed by atoms with Crippen LogP contribution in [0.15, 0.2) is 39.7 Å². The molecule has 0 saturated carbocycles. The number of rotatable bonds is 4. The first-order valence-corrected chi connectivity index (χ1v) is 7.00. The van der Waals surface area contributed by atoms with Gasteiger partial charge in [0, 0.05) is 12.7 Å². The van der Waals surface area contributed by atoms with Gasteiger partial charge in [0.25, 0.3) is 0 Å². The van der Waals surface area contributed by atoms with Gasteiger partial charge in [-0.2, -0.15) is 0 Å². The van der Waals surface area contributed by atoms with E-state index < -0.39 is 5.97 Å². The third-order valence-corrected chi connectivity index (χ3v) is 3.43. The Balaban J connectivity index is 2.37. The van der Waals surface area contributed by atoms with E-state index in [1.165, 1.54) is 10.8 Å². The Labute approximate surface area is 125 Å². The van der Waals surface area contributed by atoms with Gasteiger partial charge in [0.2, 0.25) is 5.43 Å². The van der Waals surface area contributed by atoms with Gasteiger partial charge in [0.15, 0.2) is 11.3 Å². The normalized spacial score (nSPS) is 11.2. The average Bonchev–Trinajstić information content (AvgIpc) is 2.87. The van der Waals surface area contributed by atoms with Crippen molar-refractivity contribution in [3.63, 3.8) is 0 Å². The van der Waals surface area contributed by atoms with Crippen LogP contribution in [0.3, 0.4) is 0 Å². The van der Waals surface area contributed by atoms with Crippen LogP contribution >= 0.6 is 0 Å². The highest BCUT2D eigenvalue weighted by atomic mass is 16.5. The van der Waals surface area contributed by atoms with Crippen LogP contribution in [0, 0.1) is 0 Å². The number of aromatic nitrogens is 1. The molecule has 0 bridgehead atoms. The molecule has 0 saturated heterocycles. The minimum Gasteiger partial charge on any atom is -0.461 e. The smallest absolute Gasteiger partial charge is 0.358 e. The second kappa shape index (κ2) is 5.65. The predicted octanol–water partition coefficient (Wildman–Crippen LogP) is 1.92. The Morgan fingerprint density at radius 2 is 2.09 bits per heavy atom. The van der Waals surface area contributed by atoms with Gasteiger partial charge in [-0.1, -0.05) is 12.1 Å². The summed E-state index contributed by atoms with van der Waals surface area (Å²) < 4.78 is 12.3. The maximum absolute atomic E-state index is 12.6. The molecule has 1 N–H and O–H groups in total. The van der Waals surface area contributed by atoms with E-state index in [-0.39, 0.29) is 36.5 Å². The molecule has 1 aromatic carbocycles. The number of aliphatic hydroxyl groups is 1. The summed E-state index contributed by atoms with van der Waals surface area (Å²) in [5, 5.41) is 9.91. The maximum Gasteiger partial charge on any atom is 0.358 e. The predicted molar refractivity (Wildman–Crippen MR) is 81.0 cm³/mol. The van der Waals surface area contributed by atoms with E-state index in [1.54, 1.807) is 31.2 Å². The number of ether oxygens (including phenoxy) is 1. The Kier molecular flexibility index (Phi) is 3.68. The Hall–Kier alpha value is -2.60. The lowest BCUT2D eigenvalue weighted by Crippen LogP contribution is -2.13. The number of esters is 1. The summed E-state index contributed by atoms with van der Waals surface area (Å²) in [5.74, 6) is -0.579. The SMILES string of the molecule is CCOC(=O)c1c2oc3ccccc3c(=O)c2cn1CCO. The molecule has 6 heteroatoms. The van der Waals surface area contributed by atoms with Gasteiger partial charge < -0.3 is 18.8 Å². The molecule has 2 aromatic heterocycles. The van der Waals surface area contributed by atoms with Crippen LogP contribution in [0.25, 0.3) is 21.9 Å². The second-order valence-corrected chi connectivity index (χ2v) is 4.79. The van der Waals surface area contributed by atoms with Crippen molar-refractivity contribution in [3.05, 3.63) is 46.4 Å². The van der Waals surface area contributed by atoms with Crippen molar-refractivity contribution in [2.45, 2.75) is 13.5 Å².